The monoisotopic (exact) mass is 355 g/mol. The first kappa shape index (κ1) is 18.9. The number of hydroxylamine groups is 2. The molecular weight excluding hydrogens is 334 g/mol. The average Bonchev–Trinajstić information content (AvgIpc) is 2.43. The van der Waals surface area contributed by atoms with Crippen molar-refractivity contribution >= 4 is 16.1 Å². The molecule has 1 heterocycles. The molecule has 0 N–H and O–H groups in total. The van der Waals surface area contributed by atoms with Crippen LogP contribution in [0.4, 0.5) is 0 Å². The number of hydrogen-bond acceptors (Lipinski definition) is 6. The van der Waals surface area contributed by atoms with Crippen LogP contribution in [0.15, 0.2) is 29.2 Å². The molecular formula is C16H21NO6S-. The smallest absolute Gasteiger partial charge is 0.314 e. The normalized spacial score (nSPS) is 21.4. The molecule has 0 aliphatic carbocycles. The number of carbonyl (C=O) groups excluding carboxylic acids is 1. The lowest BCUT2D eigenvalue weighted by atomic mass is 9.75. The van der Waals surface area contributed by atoms with Crippen molar-refractivity contribution < 1.29 is 27.7 Å². The van der Waals surface area contributed by atoms with Crippen LogP contribution in [0.5, 0.6) is 5.75 Å². The van der Waals surface area contributed by atoms with E-state index in [0.717, 1.165) is 17.2 Å². The van der Waals surface area contributed by atoms with Gasteiger partial charge in [-0.3, -0.25) is 4.79 Å². The summed E-state index contributed by atoms with van der Waals surface area (Å²) in [5, 5.41) is 13.3. The summed E-state index contributed by atoms with van der Waals surface area (Å²) in [5.74, 6) is -0.752. The predicted octanol–water partition coefficient (Wildman–Crippen LogP) is 2.11. The van der Waals surface area contributed by atoms with Crippen molar-refractivity contribution in [2.75, 3.05) is 0 Å². The number of piperidine rings is 1. The summed E-state index contributed by atoms with van der Waals surface area (Å²) < 4.78 is 38.0. The lowest BCUT2D eigenvalue weighted by Crippen LogP contribution is -2.59. The molecule has 1 aliphatic rings. The number of carbonyl (C=O) groups is 1. The molecule has 0 bridgehead atoms. The highest BCUT2D eigenvalue weighted by atomic mass is 32.2. The number of esters is 1. The van der Waals surface area contributed by atoms with Crippen molar-refractivity contribution in [3.05, 3.63) is 24.3 Å². The Morgan fingerprint density at radius 3 is 2.00 bits per heavy atom. The van der Waals surface area contributed by atoms with E-state index in [1.54, 1.807) is 27.7 Å². The van der Waals surface area contributed by atoms with Crippen LogP contribution in [0.25, 0.3) is 0 Å². The highest BCUT2D eigenvalue weighted by Crippen LogP contribution is 2.40. The van der Waals surface area contributed by atoms with Crippen molar-refractivity contribution in [3.8, 4) is 5.75 Å². The molecule has 0 spiro atoms. The second-order valence-electron chi connectivity index (χ2n) is 7.37. The molecule has 0 amide bonds. The number of benzene rings is 1. The van der Waals surface area contributed by atoms with Crippen molar-refractivity contribution in [1.29, 1.82) is 0 Å². The third-order valence-corrected chi connectivity index (χ3v) is 5.11. The molecule has 0 unspecified atom stereocenters. The Hall–Kier alpha value is -1.48. The Labute approximate surface area is 141 Å². The third-order valence-electron chi connectivity index (χ3n) is 4.26. The summed E-state index contributed by atoms with van der Waals surface area (Å²) in [6, 6.07) is 4.72. The maximum absolute atomic E-state index is 12.4. The Balaban J connectivity index is 2.12. The zero-order valence-corrected chi connectivity index (χ0v) is 14.9. The van der Waals surface area contributed by atoms with Gasteiger partial charge in [-0.2, -0.15) is 0 Å². The van der Waals surface area contributed by atoms with Crippen molar-refractivity contribution in [2.24, 2.45) is 5.92 Å². The quantitative estimate of drug-likeness (QED) is 0.467. The van der Waals surface area contributed by atoms with E-state index in [-0.39, 0.29) is 10.6 Å². The summed E-state index contributed by atoms with van der Waals surface area (Å²) in [7, 11) is -4.54. The van der Waals surface area contributed by atoms with E-state index in [9.17, 15) is 23.0 Å². The van der Waals surface area contributed by atoms with Gasteiger partial charge < -0.3 is 9.29 Å². The molecule has 133 valence electrons. The van der Waals surface area contributed by atoms with Gasteiger partial charge in [-0.15, -0.1) is 10.3 Å². The Bertz CT molecular complexity index is 705. The fraction of sp³-hybridized carbons (Fsp3) is 0.562. The van der Waals surface area contributed by atoms with E-state index in [1.807, 2.05) is 0 Å². The second-order valence-corrected chi connectivity index (χ2v) is 8.75. The van der Waals surface area contributed by atoms with E-state index < -0.39 is 33.1 Å². The van der Waals surface area contributed by atoms with Crippen LogP contribution in [0.2, 0.25) is 0 Å². The van der Waals surface area contributed by atoms with Crippen molar-refractivity contribution in [3.63, 3.8) is 0 Å². The third kappa shape index (κ3) is 3.94. The van der Waals surface area contributed by atoms with Crippen LogP contribution in [-0.2, 0) is 20.1 Å². The SMILES string of the molecule is CC1(C)CC(C(=O)Oc2ccc(S(=O)(=O)[O-])cc2)CC(C)(C)N1[O]. The lowest BCUT2D eigenvalue weighted by Gasteiger charge is -2.49. The fourth-order valence-electron chi connectivity index (χ4n) is 3.30. The largest absolute Gasteiger partial charge is 0.744 e. The maximum atomic E-state index is 12.4. The van der Waals surface area contributed by atoms with Crippen LogP contribution in [0, 0.1) is 5.92 Å². The zero-order valence-electron chi connectivity index (χ0n) is 14.1. The molecule has 24 heavy (non-hydrogen) atoms. The van der Waals surface area contributed by atoms with Crippen molar-refractivity contribution in [1.82, 2.24) is 5.06 Å². The van der Waals surface area contributed by atoms with Crippen molar-refractivity contribution in [2.45, 2.75) is 56.5 Å². The van der Waals surface area contributed by atoms with Gasteiger partial charge in [0.25, 0.3) is 0 Å². The molecule has 8 heteroatoms. The van der Waals surface area contributed by atoms with Gasteiger partial charge >= 0.3 is 5.97 Å². The van der Waals surface area contributed by atoms with E-state index >= 15 is 0 Å². The van der Waals surface area contributed by atoms with Gasteiger partial charge in [0, 0.05) is 11.1 Å². The molecule has 0 aromatic heterocycles. The minimum absolute atomic E-state index is 0.160. The molecule has 0 atom stereocenters. The predicted molar refractivity (Wildman–Crippen MR) is 83.4 cm³/mol. The Morgan fingerprint density at radius 2 is 1.58 bits per heavy atom. The summed E-state index contributed by atoms with van der Waals surface area (Å²) in [6.45, 7) is 7.15. The summed E-state index contributed by atoms with van der Waals surface area (Å²) in [6.07, 6.45) is 0.734. The molecule has 1 aliphatic heterocycles. The highest BCUT2D eigenvalue weighted by molar-refractivity contribution is 7.85. The molecule has 1 aromatic rings. The standard InChI is InChI=1S/C16H22NO6S/c1-15(2)9-11(10-16(3,4)17(15)19)14(18)23-12-5-7-13(8-6-12)24(20,21)22/h5-8,11H,9-10H2,1-4H3,(H,20,21,22)/p-1. The van der Waals surface area contributed by atoms with Crippen LogP contribution in [-0.4, -0.2) is 35.1 Å². The Kier molecular flexibility index (Phi) is 4.80. The highest BCUT2D eigenvalue weighted by Gasteiger charge is 2.48. The summed E-state index contributed by atoms with van der Waals surface area (Å²) in [5.41, 5.74) is -1.38. The van der Waals surface area contributed by atoms with E-state index in [1.165, 1.54) is 12.1 Å². The van der Waals surface area contributed by atoms with Gasteiger partial charge in [0.1, 0.15) is 15.9 Å². The van der Waals surface area contributed by atoms with Crippen LogP contribution in [0.1, 0.15) is 40.5 Å². The second kappa shape index (κ2) is 6.11. The minimum atomic E-state index is -4.54. The minimum Gasteiger partial charge on any atom is -0.744 e. The first-order chi connectivity index (χ1) is 10.8. The summed E-state index contributed by atoms with van der Waals surface area (Å²) in [4.78, 5) is 12.0. The van der Waals surface area contributed by atoms with Crippen LogP contribution in [0.3, 0.4) is 0 Å². The van der Waals surface area contributed by atoms with Crippen LogP contribution < -0.4 is 4.74 Å². The first-order valence-electron chi connectivity index (χ1n) is 7.58. The fourth-order valence-corrected chi connectivity index (χ4v) is 3.77. The molecule has 1 aromatic carbocycles. The van der Waals surface area contributed by atoms with E-state index in [4.69, 9.17) is 4.74 Å². The number of nitrogens with zero attached hydrogens (tertiary/aromatic N) is 1. The molecule has 2 rings (SSSR count). The van der Waals surface area contributed by atoms with Gasteiger partial charge in [0.2, 0.25) is 0 Å². The van der Waals surface area contributed by atoms with Gasteiger partial charge in [-0.05, 0) is 64.8 Å². The molecule has 1 radical (unpaired) electrons. The van der Waals surface area contributed by atoms with Gasteiger partial charge in [0.15, 0.2) is 0 Å². The lowest BCUT2D eigenvalue weighted by molar-refractivity contribution is -0.293. The van der Waals surface area contributed by atoms with E-state index in [2.05, 4.69) is 0 Å². The number of rotatable bonds is 3. The molecule has 1 saturated heterocycles. The molecule has 1 fully saturated rings. The topological polar surface area (TPSA) is 107 Å². The maximum Gasteiger partial charge on any atom is 0.314 e. The zero-order chi connectivity index (χ0) is 18.3. The molecule has 7 nitrogen and oxygen atoms in total. The molecule has 0 saturated carbocycles. The van der Waals surface area contributed by atoms with Gasteiger partial charge in [-0.25, -0.2) is 8.42 Å². The number of hydrogen-bond donors (Lipinski definition) is 0. The van der Waals surface area contributed by atoms with Gasteiger partial charge in [-0.1, -0.05) is 0 Å². The summed E-state index contributed by atoms with van der Waals surface area (Å²) >= 11 is 0. The van der Waals surface area contributed by atoms with E-state index in [0.29, 0.717) is 12.8 Å². The van der Waals surface area contributed by atoms with Crippen LogP contribution >= 0.6 is 0 Å². The average molecular weight is 355 g/mol. The first-order valence-corrected chi connectivity index (χ1v) is 8.99. The van der Waals surface area contributed by atoms with Gasteiger partial charge in [0.05, 0.1) is 10.8 Å². The Morgan fingerprint density at radius 1 is 1.12 bits per heavy atom. The number of ether oxygens (including phenoxy) is 1.